The summed E-state index contributed by atoms with van der Waals surface area (Å²) >= 11 is 0. The first-order chi connectivity index (χ1) is 10.2. The molecular weight excluding hydrogens is 281 g/mol. The smallest absolute Gasteiger partial charge is 0.308 e. The summed E-state index contributed by atoms with van der Waals surface area (Å²) in [7, 11) is -2.90. The van der Waals surface area contributed by atoms with Crippen molar-refractivity contribution in [2.24, 2.45) is 0 Å². The van der Waals surface area contributed by atoms with Gasteiger partial charge in [-0.1, -0.05) is 50.2 Å². The number of para-hydroxylation sites is 2. The van der Waals surface area contributed by atoms with Crippen molar-refractivity contribution in [3.63, 3.8) is 0 Å². The van der Waals surface area contributed by atoms with Gasteiger partial charge in [0.05, 0.1) is 0 Å². The Labute approximate surface area is 125 Å². The van der Waals surface area contributed by atoms with E-state index >= 15 is 0 Å². The van der Waals surface area contributed by atoms with Gasteiger partial charge in [0.1, 0.15) is 0 Å². The molecule has 0 saturated heterocycles. The minimum atomic E-state index is -2.90. The van der Waals surface area contributed by atoms with Gasteiger partial charge >= 0.3 is 7.59 Å². The van der Waals surface area contributed by atoms with E-state index in [1.54, 1.807) is 0 Å². The van der Waals surface area contributed by atoms with Crippen molar-refractivity contribution >= 4 is 19.0 Å². The lowest BCUT2D eigenvalue weighted by atomic mass is 10.0. The molecule has 4 nitrogen and oxygen atoms in total. The van der Waals surface area contributed by atoms with E-state index in [4.69, 9.17) is 0 Å². The lowest BCUT2D eigenvalue weighted by molar-refractivity contribution is 0.451. The van der Waals surface area contributed by atoms with E-state index in [0.717, 1.165) is 35.6 Å². The van der Waals surface area contributed by atoms with Gasteiger partial charge in [0, 0.05) is 35.6 Å². The summed E-state index contributed by atoms with van der Waals surface area (Å²) in [5.74, 6) is 0. The molecular formula is C16H20N3OP. The first-order valence-electron chi connectivity index (χ1n) is 7.28. The fourth-order valence-corrected chi connectivity index (χ4v) is 4.93. The van der Waals surface area contributed by atoms with Crippen LogP contribution in [0.4, 0.5) is 11.4 Å². The number of anilines is 2. The average Bonchev–Trinajstić information content (AvgIpc) is 2.62. The molecule has 0 atom stereocenters. The van der Waals surface area contributed by atoms with Crippen LogP contribution in [0.3, 0.4) is 0 Å². The molecule has 1 aliphatic heterocycles. The maximum Gasteiger partial charge on any atom is 0.330 e. The molecule has 0 aliphatic carbocycles. The highest BCUT2D eigenvalue weighted by Crippen LogP contribution is 2.54. The first-order valence-corrected chi connectivity index (χ1v) is 8.94. The quantitative estimate of drug-likeness (QED) is 0.811. The minimum Gasteiger partial charge on any atom is -0.308 e. The molecule has 0 aromatic heterocycles. The number of nitrogens with zero attached hydrogens (tertiary/aromatic N) is 1. The highest BCUT2D eigenvalue weighted by Gasteiger charge is 2.32. The monoisotopic (exact) mass is 301 g/mol. The SMILES string of the molecule is CCN(CC)P1(=O)Nc2ccccc2-c2ccccc2N1. The Morgan fingerprint density at radius 2 is 1.29 bits per heavy atom. The molecule has 0 spiro atoms. The van der Waals surface area contributed by atoms with Crippen molar-refractivity contribution in [3.05, 3.63) is 48.5 Å². The summed E-state index contributed by atoms with van der Waals surface area (Å²) in [4.78, 5) is 0. The third-order valence-electron chi connectivity index (χ3n) is 3.82. The van der Waals surface area contributed by atoms with E-state index in [0.29, 0.717) is 0 Å². The molecule has 3 rings (SSSR count). The van der Waals surface area contributed by atoms with Gasteiger partial charge in [-0.05, 0) is 12.1 Å². The number of rotatable bonds is 3. The Bertz CT molecular complexity index is 646. The Morgan fingerprint density at radius 1 is 0.857 bits per heavy atom. The summed E-state index contributed by atoms with van der Waals surface area (Å²) in [6.45, 7) is 5.49. The standard InChI is InChI=1S/C16H20N3OP/c1-3-19(4-2)21(20)17-15-11-7-5-9-13(15)14-10-6-8-12-16(14)18-21/h5-12H,3-4H2,1-2H3,(H2,17,18,20). The summed E-state index contributed by atoms with van der Waals surface area (Å²) in [5.41, 5.74) is 3.96. The predicted molar refractivity (Wildman–Crippen MR) is 89.7 cm³/mol. The zero-order chi connectivity index (χ0) is 14.9. The second kappa shape index (κ2) is 5.55. The fraction of sp³-hybridized carbons (Fsp3) is 0.250. The molecule has 2 aromatic carbocycles. The van der Waals surface area contributed by atoms with Crippen molar-refractivity contribution in [2.45, 2.75) is 13.8 Å². The first kappa shape index (κ1) is 14.2. The van der Waals surface area contributed by atoms with Crippen molar-refractivity contribution in [2.75, 3.05) is 23.3 Å². The van der Waals surface area contributed by atoms with Gasteiger partial charge in [-0.15, -0.1) is 0 Å². The van der Waals surface area contributed by atoms with E-state index < -0.39 is 7.59 Å². The molecule has 2 aromatic rings. The van der Waals surface area contributed by atoms with Crippen molar-refractivity contribution in [1.29, 1.82) is 0 Å². The van der Waals surface area contributed by atoms with Crippen LogP contribution in [-0.4, -0.2) is 17.8 Å². The Balaban J connectivity index is 2.19. The Morgan fingerprint density at radius 3 is 1.71 bits per heavy atom. The van der Waals surface area contributed by atoms with E-state index in [-0.39, 0.29) is 0 Å². The fourth-order valence-electron chi connectivity index (χ4n) is 2.75. The van der Waals surface area contributed by atoms with Gasteiger partial charge in [0.15, 0.2) is 0 Å². The van der Waals surface area contributed by atoms with Crippen LogP contribution >= 0.6 is 7.59 Å². The molecule has 0 radical (unpaired) electrons. The number of hydrogen-bond acceptors (Lipinski definition) is 1. The van der Waals surface area contributed by atoms with Crippen molar-refractivity contribution in [1.82, 2.24) is 4.67 Å². The number of hydrogen-bond donors (Lipinski definition) is 2. The average molecular weight is 301 g/mol. The molecule has 5 heteroatoms. The van der Waals surface area contributed by atoms with Crippen LogP contribution in [-0.2, 0) is 4.57 Å². The Kier molecular flexibility index (Phi) is 3.75. The maximum absolute atomic E-state index is 13.4. The number of nitrogens with one attached hydrogen (secondary N) is 2. The molecule has 0 bridgehead atoms. The molecule has 2 N–H and O–H groups in total. The number of fused-ring (bicyclic) bond motifs is 3. The topological polar surface area (TPSA) is 44.4 Å². The maximum atomic E-state index is 13.4. The van der Waals surface area contributed by atoms with Gasteiger partial charge in [-0.2, -0.15) is 0 Å². The van der Waals surface area contributed by atoms with Gasteiger partial charge in [-0.3, -0.25) is 4.57 Å². The van der Waals surface area contributed by atoms with Crippen LogP contribution in [0.25, 0.3) is 11.1 Å². The summed E-state index contributed by atoms with van der Waals surface area (Å²) in [6.07, 6.45) is 0. The summed E-state index contributed by atoms with van der Waals surface area (Å²) in [5, 5.41) is 6.51. The third kappa shape index (κ3) is 2.45. The molecule has 21 heavy (non-hydrogen) atoms. The molecule has 110 valence electrons. The zero-order valence-electron chi connectivity index (χ0n) is 12.3. The third-order valence-corrected chi connectivity index (χ3v) is 6.27. The molecule has 1 aliphatic rings. The van der Waals surface area contributed by atoms with Crippen molar-refractivity contribution < 1.29 is 4.57 Å². The lowest BCUT2D eigenvalue weighted by Crippen LogP contribution is -2.27. The zero-order valence-corrected chi connectivity index (χ0v) is 13.2. The highest BCUT2D eigenvalue weighted by molar-refractivity contribution is 7.64. The molecule has 0 amide bonds. The summed E-state index contributed by atoms with van der Waals surface area (Å²) in [6, 6.07) is 16.0. The van der Waals surface area contributed by atoms with E-state index in [1.807, 2.05) is 54.9 Å². The van der Waals surface area contributed by atoms with Crippen LogP contribution in [0.5, 0.6) is 0 Å². The van der Waals surface area contributed by atoms with Crippen LogP contribution in [0, 0.1) is 0 Å². The van der Waals surface area contributed by atoms with Crippen LogP contribution < -0.4 is 10.2 Å². The number of benzene rings is 2. The van der Waals surface area contributed by atoms with E-state index in [1.165, 1.54) is 0 Å². The van der Waals surface area contributed by atoms with E-state index in [2.05, 4.69) is 22.3 Å². The van der Waals surface area contributed by atoms with E-state index in [9.17, 15) is 4.57 Å². The van der Waals surface area contributed by atoms with Crippen LogP contribution in [0.1, 0.15) is 13.8 Å². The second-order valence-corrected chi connectivity index (χ2v) is 7.19. The van der Waals surface area contributed by atoms with Crippen LogP contribution in [0.15, 0.2) is 48.5 Å². The molecule has 0 saturated carbocycles. The van der Waals surface area contributed by atoms with Gasteiger partial charge in [0.2, 0.25) is 0 Å². The molecule has 0 unspecified atom stereocenters. The summed E-state index contributed by atoms with van der Waals surface area (Å²) < 4.78 is 15.4. The lowest BCUT2D eigenvalue weighted by Gasteiger charge is -2.30. The largest absolute Gasteiger partial charge is 0.330 e. The molecule has 0 fully saturated rings. The predicted octanol–water partition coefficient (Wildman–Crippen LogP) is 4.64. The Hall–Kier alpha value is -1.77. The second-order valence-electron chi connectivity index (χ2n) is 5.03. The van der Waals surface area contributed by atoms with Gasteiger partial charge in [-0.25, -0.2) is 4.67 Å². The molecule has 1 heterocycles. The van der Waals surface area contributed by atoms with Gasteiger partial charge in [0.25, 0.3) is 0 Å². The van der Waals surface area contributed by atoms with Gasteiger partial charge < -0.3 is 10.2 Å². The van der Waals surface area contributed by atoms with Crippen molar-refractivity contribution in [3.8, 4) is 11.1 Å². The normalized spacial score (nSPS) is 15.4. The highest BCUT2D eigenvalue weighted by atomic mass is 31.2. The van der Waals surface area contributed by atoms with Crippen LogP contribution in [0.2, 0.25) is 0 Å². The minimum absolute atomic E-state index is 0.720.